The minimum atomic E-state index is -0.264. The Hall–Kier alpha value is -2.08. The predicted molar refractivity (Wildman–Crippen MR) is 112 cm³/mol. The number of oxazole rings is 1. The topological polar surface area (TPSA) is 58.4 Å². The van der Waals surface area contributed by atoms with Crippen LogP contribution < -0.4 is 5.32 Å². The molecule has 0 bridgehead atoms. The number of amides is 1. The van der Waals surface area contributed by atoms with Crippen molar-refractivity contribution < 1.29 is 9.21 Å². The van der Waals surface area contributed by atoms with Gasteiger partial charge in [0.2, 0.25) is 5.91 Å². The van der Waals surface area contributed by atoms with Crippen molar-refractivity contribution in [3.63, 3.8) is 0 Å². The minimum absolute atomic E-state index is 0.0931. The molecule has 3 aromatic rings. The fraction of sp³-hybridized carbons (Fsp3) is 0.333. The number of likely N-dealkylation sites (tertiary alicyclic amines) is 1. The van der Waals surface area contributed by atoms with Crippen LogP contribution in [0.2, 0.25) is 10.0 Å². The van der Waals surface area contributed by atoms with E-state index in [4.69, 9.17) is 27.6 Å². The zero-order chi connectivity index (χ0) is 19.7. The molecule has 5 nitrogen and oxygen atoms in total. The van der Waals surface area contributed by atoms with Crippen molar-refractivity contribution in [1.82, 2.24) is 9.88 Å². The summed E-state index contributed by atoms with van der Waals surface area (Å²) in [5.74, 6) is 0.981. The SMILES string of the molecule is CC(C(=O)Nc1cc(Cl)ccc1Cl)N1CCC(c2nc3ccccc3o2)CC1. The van der Waals surface area contributed by atoms with Gasteiger partial charge < -0.3 is 9.73 Å². The third kappa shape index (κ3) is 4.02. The first-order valence-corrected chi connectivity index (χ1v) is 10.1. The summed E-state index contributed by atoms with van der Waals surface area (Å²) in [4.78, 5) is 19.5. The lowest BCUT2D eigenvalue weighted by atomic mass is 9.95. The van der Waals surface area contributed by atoms with Gasteiger partial charge in [-0.2, -0.15) is 0 Å². The van der Waals surface area contributed by atoms with E-state index in [2.05, 4.69) is 15.2 Å². The number of fused-ring (bicyclic) bond motifs is 1. The van der Waals surface area contributed by atoms with Crippen molar-refractivity contribution in [2.75, 3.05) is 18.4 Å². The number of halogens is 2. The summed E-state index contributed by atoms with van der Waals surface area (Å²) in [5, 5.41) is 3.89. The van der Waals surface area contributed by atoms with E-state index < -0.39 is 0 Å². The molecule has 1 N–H and O–H groups in total. The zero-order valence-corrected chi connectivity index (χ0v) is 17.0. The molecular formula is C21H21Cl2N3O2. The second-order valence-electron chi connectivity index (χ2n) is 7.12. The molecule has 0 spiro atoms. The molecule has 2 aromatic carbocycles. The van der Waals surface area contributed by atoms with Crippen LogP contribution in [-0.2, 0) is 4.79 Å². The van der Waals surface area contributed by atoms with Crippen LogP contribution in [-0.4, -0.2) is 34.9 Å². The van der Waals surface area contributed by atoms with E-state index in [0.717, 1.165) is 42.9 Å². The molecule has 1 atom stereocenters. The van der Waals surface area contributed by atoms with E-state index in [-0.39, 0.29) is 17.9 Å². The van der Waals surface area contributed by atoms with E-state index in [0.29, 0.717) is 15.7 Å². The molecule has 7 heteroatoms. The van der Waals surface area contributed by atoms with Crippen LogP contribution in [0, 0.1) is 0 Å². The maximum Gasteiger partial charge on any atom is 0.241 e. The van der Waals surface area contributed by atoms with Crippen molar-refractivity contribution in [2.24, 2.45) is 0 Å². The summed E-state index contributed by atoms with van der Waals surface area (Å²) in [7, 11) is 0. The number of nitrogens with zero attached hydrogens (tertiary/aromatic N) is 2. The number of piperidine rings is 1. The molecule has 1 aliphatic rings. The van der Waals surface area contributed by atoms with Gasteiger partial charge in [0.1, 0.15) is 5.52 Å². The van der Waals surface area contributed by atoms with Crippen LogP contribution in [0.1, 0.15) is 31.6 Å². The number of carbonyl (C=O) groups is 1. The Morgan fingerprint density at radius 3 is 2.71 bits per heavy atom. The van der Waals surface area contributed by atoms with E-state index >= 15 is 0 Å². The zero-order valence-electron chi connectivity index (χ0n) is 15.5. The Labute approximate surface area is 173 Å². The maximum absolute atomic E-state index is 12.7. The number of para-hydroxylation sites is 2. The van der Waals surface area contributed by atoms with Gasteiger partial charge >= 0.3 is 0 Å². The summed E-state index contributed by atoms with van der Waals surface area (Å²) in [6.07, 6.45) is 1.81. The molecule has 2 heterocycles. The first kappa shape index (κ1) is 19.2. The van der Waals surface area contributed by atoms with Gasteiger partial charge in [0.25, 0.3) is 0 Å². The molecule has 1 amide bonds. The van der Waals surface area contributed by atoms with Crippen molar-refractivity contribution in [2.45, 2.75) is 31.7 Å². The fourth-order valence-electron chi connectivity index (χ4n) is 3.59. The summed E-state index contributed by atoms with van der Waals surface area (Å²) < 4.78 is 5.92. The second kappa shape index (κ2) is 8.11. The lowest BCUT2D eigenvalue weighted by Gasteiger charge is -2.34. The lowest BCUT2D eigenvalue weighted by Crippen LogP contribution is -2.45. The molecule has 28 heavy (non-hydrogen) atoms. The summed E-state index contributed by atoms with van der Waals surface area (Å²) in [6, 6.07) is 12.6. The van der Waals surface area contributed by atoms with Gasteiger partial charge in [0.15, 0.2) is 11.5 Å². The first-order chi connectivity index (χ1) is 13.5. The van der Waals surface area contributed by atoms with Crippen molar-refractivity contribution in [3.05, 3.63) is 58.4 Å². The highest BCUT2D eigenvalue weighted by atomic mass is 35.5. The second-order valence-corrected chi connectivity index (χ2v) is 7.96. The van der Waals surface area contributed by atoms with Crippen LogP contribution >= 0.6 is 23.2 Å². The lowest BCUT2D eigenvalue weighted by molar-refractivity contribution is -0.121. The van der Waals surface area contributed by atoms with Gasteiger partial charge in [-0.25, -0.2) is 4.98 Å². The quantitative estimate of drug-likeness (QED) is 0.621. The van der Waals surface area contributed by atoms with Gasteiger partial charge in [-0.05, 0) is 63.2 Å². The van der Waals surface area contributed by atoms with Gasteiger partial charge in [-0.15, -0.1) is 0 Å². The molecule has 146 valence electrons. The highest BCUT2D eigenvalue weighted by Gasteiger charge is 2.29. The van der Waals surface area contributed by atoms with Crippen molar-refractivity contribution in [3.8, 4) is 0 Å². The molecule has 1 aromatic heterocycles. The third-order valence-corrected chi connectivity index (χ3v) is 5.87. The number of nitrogens with one attached hydrogen (secondary N) is 1. The Balaban J connectivity index is 1.37. The van der Waals surface area contributed by atoms with Crippen LogP contribution in [0.25, 0.3) is 11.1 Å². The summed E-state index contributed by atoms with van der Waals surface area (Å²) in [6.45, 7) is 3.52. The molecule has 0 aliphatic carbocycles. The van der Waals surface area contributed by atoms with E-state index in [9.17, 15) is 4.79 Å². The van der Waals surface area contributed by atoms with Crippen LogP contribution in [0.15, 0.2) is 46.9 Å². The van der Waals surface area contributed by atoms with Crippen LogP contribution in [0.4, 0.5) is 5.69 Å². The van der Waals surface area contributed by atoms with Gasteiger partial charge in [-0.3, -0.25) is 9.69 Å². The van der Waals surface area contributed by atoms with Crippen molar-refractivity contribution >= 4 is 45.9 Å². The number of anilines is 1. The average Bonchev–Trinajstić information content (AvgIpc) is 3.14. The molecule has 1 unspecified atom stereocenters. The molecular weight excluding hydrogens is 397 g/mol. The summed E-state index contributed by atoms with van der Waals surface area (Å²) in [5.41, 5.74) is 2.25. The molecule has 4 rings (SSSR count). The fourth-order valence-corrected chi connectivity index (χ4v) is 3.93. The smallest absolute Gasteiger partial charge is 0.241 e. The van der Waals surface area contributed by atoms with Crippen LogP contribution in [0.5, 0.6) is 0 Å². The number of aromatic nitrogens is 1. The number of rotatable bonds is 4. The molecule has 0 radical (unpaired) electrons. The molecule has 1 fully saturated rings. The van der Waals surface area contributed by atoms with Crippen molar-refractivity contribution in [1.29, 1.82) is 0 Å². The standard InChI is InChI=1S/C21H21Cl2N3O2/c1-13(20(27)24-18-12-15(22)6-7-16(18)23)26-10-8-14(9-11-26)21-25-17-4-2-3-5-19(17)28-21/h2-7,12-14H,8-11H2,1H3,(H,24,27). The van der Waals surface area contributed by atoms with E-state index in [1.165, 1.54) is 0 Å². The Morgan fingerprint density at radius 1 is 1.21 bits per heavy atom. The van der Waals surface area contributed by atoms with Gasteiger partial charge in [0.05, 0.1) is 16.8 Å². The van der Waals surface area contributed by atoms with E-state index in [1.54, 1.807) is 18.2 Å². The molecule has 0 saturated carbocycles. The first-order valence-electron chi connectivity index (χ1n) is 9.36. The molecule has 1 saturated heterocycles. The van der Waals surface area contributed by atoms with Gasteiger partial charge in [0, 0.05) is 10.9 Å². The van der Waals surface area contributed by atoms with Crippen LogP contribution in [0.3, 0.4) is 0 Å². The average molecular weight is 418 g/mol. The third-order valence-electron chi connectivity index (χ3n) is 5.30. The Kier molecular flexibility index (Phi) is 5.58. The van der Waals surface area contributed by atoms with E-state index in [1.807, 2.05) is 31.2 Å². The molecule has 1 aliphatic heterocycles. The Bertz CT molecular complexity index is 963. The monoisotopic (exact) mass is 417 g/mol. The summed E-state index contributed by atoms with van der Waals surface area (Å²) >= 11 is 12.1. The highest BCUT2D eigenvalue weighted by Crippen LogP contribution is 2.31. The predicted octanol–water partition coefficient (Wildman–Crippen LogP) is 5.34. The minimum Gasteiger partial charge on any atom is -0.440 e. The maximum atomic E-state index is 12.7. The number of hydrogen-bond acceptors (Lipinski definition) is 4. The highest BCUT2D eigenvalue weighted by molar-refractivity contribution is 6.35. The number of benzene rings is 2. The van der Waals surface area contributed by atoms with Gasteiger partial charge in [-0.1, -0.05) is 35.3 Å². The largest absolute Gasteiger partial charge is 0.440 e. The number of hydrogen-bond donors (Lipinski definition) is 1. The Morgan fingerprint density at radius 2 is 1.96 bits per heavy atom. The normalized spacial score (nSPS) is 17.0. The number of carbonyl (C=O) groups excluding carboxylic acids is 1.